The Bertz CT molecular complexity index is 356. The van der Waals surface area contributed by atoms with Gasteiger partial charge < -0.3 is 14.9 Å². The second-order valence-corrected chi connectivity index (χ2v) is 4.46. The summed E-state index contributed by atoms with van der Waals surface area (Å²) in [4.78, 5) is 22.1. The number of hydrogen-bond donors (Lipinski definition) is 2. The van der Waals surface area contributed by atoms with Crippen LogP contribution < -0.4 is 0 Å². The summed E-state index contributed by atoms with van der Waals surface area (Å²) in [7, 11) is 0. The van der Waals surface area contributed by atoms with E-state index in [0.29, 0.717) is 5.57 Å². The summed E-state index contributed by atoms with van der Waals surface area (Å²) in [5.74, 6) is -2.50. The molecule has 0 bridgehead atoms. The van der Waals surface area contributed by atoms with Crippen LogP contribution in [0, 0.1) is 11.8 Å². The third-order valence-corrected chi connectivity index (χ3v) is 2.75. The third-order valence-electron chi connectivity index (χ3n) is 2.75. The lowest BCUT2D eigenvalue weighted by Gasteiger charge is -2.19. The summed E-state index contributed by atoms with van der Waals surface area (Å²) in [6.45, 7) is 11.7. The molecule has 0 saturated heterocycles. The number of carboxylic acids is 1. The van der Waals surface area contributed by atoms with E-state index in [2.05, 4.69) is 13.2 Å². The van der Waals surface area contributed by atoms with Crippen molar-refractivity contribution in [1.29, 1.82) is 0 Å². The van der Waals surface area contributed by atoms with Crippen molar-refractivity contribution in [3.05, 3.63) is 24.3 Å². The molecule has 0 rings (SSSR count). The molecule has 0 saturated carbocycles. The molecule has 0 aromatic rings. The fourth-order valence-electron chi connectivity index (χ4n) is 1.06. The van der Waals surface area contributed by atoms with Crippen molar-refractivity contribution in [1.82, 2.24) is 0 Å². The van der Waals surface area contributed by atoms with Gasteiger partial charge in [-0.1, -0.05) is 33.9 Å². The number of esters is 1. The largest absolute Gasteiger partial charge is 0.478 e. The molecule has 18 heavy (non-hydrogen) atoms. The van der Waals surface area contributed by atoms with Crippen LogP contribution in [0.5, 0.6) is 0 Å². The van der Waals surface area contributed by atoms with E-state index >= 15 is 0 Å². The molecule has 0 aliphatic rings. The van der Waals surface area contributed by atoms with Gasteiger partial charge in [0, 0.05) is 17.1 Å². The van der Waals surface area contributed by atoms with E-state index in [1.807, 2.05) is 0 Å². The van der Waals surface area contributed by atoms with Gasteiger partial charge in [-0.05, 0) is 5.92 Å². The summed E-state index contributed by atoms with van der Waals surface area (Å²) >= 11 is 0. The van der Waals surface area contributed by atoms with Crippen LogP contribution in [-0.4, -0.2) is 34.9 Å². The molecule has 2 N–H and O–H groups in total. The van der Waals surface area contributed by atoms with Crippen LogP contribution in [0.1, 0.15) is 20.8 Å². The van der Waals surface area contributed by atoms with Gasteiger partial charge >= 0.3 is 11.9 Å². The third kappa shape index (κ3) is 4.71. The predicted octanol–water partition coefficient (Wildman–Crippen LogP) is 1.38. The zero-order valence-electron chi connectivity index (χ0n) is 11.0. The lowest BCUT2D eigenvalue weighted by Crippen LogP contribution is -2.29. The smallest absolute Gasteiger partial charge is 0.333 e. The fraction of sp³-hybridized carbons (Fsp3) is 0.538. The molecule has 0 aromatic carbocycles. The number of ether oxygens (including phenoxy) is 1. The zero-order valence-corrected chi connectivity index (χ0v) is 11.0. The first kappa shape index (κ1) is 16.4. The number of aliphatic hydroxyl groups is 1. The molecule has 0 radical (unpaired) electrons. The number of carboxylic acid groups (broad SMARTS) is 1. The van der Waals surface area contributed by atoms with Crippen LogP contribution in [0.25, 0.3) is 0 Å². The average molecular weight is 256 g/mol. The van der Waals surface area contributed by atoms with Crippen molar-refractivity contribution in [3.63, 3.8) is 0 Å². The van der Waals surface area contributed by atoms with E-state index in [4.69, 9.17) is 9.84 Å². The molecule has 102 valence electrons. The second kappa shape index (κ2) is 6.96. The maximum absolute atomic E-state index is 11.4. The van der Waals surface area contributed by atoms with E-state index in [0.717, 1.165) is 0 Å². The summed E-state index contributed by atoms with van der Waals surface area (Å²) in [5, 5.41) is 18.4. The highest BCUT2D eigenvalue weighted by molar-refractivity contribution is 5.88. The molecule has 5 nitrogen and oxygen atoms in total. The number of rotatable bonds is 7. The molecule has 5 heteroatoms. The van der Waals surface area contributed by atoms with E-state index in [9.17, 15) is 14.7 Å². The Hall–Kier alpha value is -1.62. The van der Waals surface area contributed by atoms with E-state index in [1.165, 1.54) is 6.92 Å². The molecule has 0 aliphatic heterocycles. The predicted molar refractivity (Wildman–Crippen MR) is 66.9 cm³/mol. The lowest BCUT2D eigenvalue weighted by molar-refractivity contribution is -0.143. The highest BCUT2D eigenvalue weighted by Crippen LogP contribution is 2.15. The Balaban J connectivity index is 4.31. The number of aliphatic carboxylic acids is 1. The maximum Gasteiger partial charge on any atom is 0.333 e. The van der Waals surface area contributed by atoms with Crippen molar-refractivity contribution < 1.29 is 24.5 Å². The van der Waals surface area contributed by atoms with Crippen molar-refractivity contribution in [2.45, 2.75) is 26.9 Å². The molecular weight excluding hydrogens is 236 g/mol. The van der Waals surface area contributed by atoms with E-state index < -0.39 is 24.0 Å². The van der Waals surface area contributed by atoms with Gasteiger partial charge in [-0.2, -0.15) is 0 Å². The maximum atomic E-state index is 11.4. The molecule has 0 aliphatic carbocycles. The van der Waals surface area contributed by atoms with Gasteiger partial charge in [0.15, 0.2) is 0 Å². The van der Waals surface area contributed by atoms with Crippen LogP contribution in [0.4, 0.5) is 0 Å². The molecule has 0 aromatic heterocycles. The number of carbonyl (C=O) groups excluding carboxylic acids is 1. The monoisotopic (exact) mass is 256 g/mol. The Morgan fingerprint density at radius 3 is 2.06 bits per heavy atom. The molecule has 0 fully saturated rings. The zero-order chi connectivity index (χ0) is 14.5. The summed E-state index contributed by atoms with van der Waals surface area (Å²) in [6.07, 6.45) is -1.10. The van der Waals surface area contributed by atoms with Crippen LogP contribution >= 0.6 is 0 Å². The lowest BCUT2D eigenvalue weighted by atomic mass is 9.97. The Kier molecular flexibility index (Phi) is 6.33. The van der Waals surface area contributed by atoms with Gasteiger partial charge in [0.1, 0.15) is 6.61 Å². The van der Waals surface area contributed by atoms with Gasteiger partial charge in [-0.3, -0.25) is 0 Å². The average Bonchev–Trinajstić information content (AvgIpc) is 2.32. The van der Waals surface area contributed by atoms with Crippen LogP contribution in [0.15, 0.2) is 24.3 Å². The number of carbonyl (C=O) groups is 2. The highest BCUT2D eigenvalue weighted by atomic mass is 16.5. The molecule has 0 spiro atoms. The van der Waals surface area contributed by atoms with Gasteiger partial charge in [0.05, 0.1) is 6.10 Å². The van der Waals surface area contributed by atoms with Gasteiger partial charge in [-0.25, -0.2) is 9.59 Å². The first-order valence-corrected chi connectivity index (χ1v) is 5.64. The quantitative estimate of drug-likeness (QED) is 0.531. The first-order chi connectivity index (χ1) is 8.18. The van der Waals surface area contributed by atoms with Gasteiger partial charge in [-0.15, -0.1) is 0 Å². The first-order valence-electron chi connectivity index (χ1n) is 5.64. The fourth-order valence-corrected chi connectivity index (χ4v) is 1.06. The van der Waals surface area contributed by atoms with Gasteiger partial charge in [0.25, 0.3) is 0 Å². The molecule has 0 heterocycles. The minimum Gasteiger partial charge on any atom is -0.478 e. The number of hydrogen-bond acceptors (Lipinski definition) is 4. The summed E-state index contributed by atoms with van der Waals surface area (Å²) < 4.78 is 4.86. The molecule has 2 atom stereocenters. The van der Waals surface area contributed by atoms with Crippen molar-refractivity contribution in [3.8, 4) is 0 Å². The van der Waals surface area contributed by atoms with Gasteiger partial charge in [0.2, 0.25) is 0 Å². The standard InChI is InChI=1S/C13H20O5/c1-7(2)8(3)13(17)18-6-11(14)9(4)10(5)12(15)16/h7,9,11,14H,3,5-6H2,1-2,4H3,(H,15,16). The van der Waals surface area contributed by atoms with Crippen molar-refractivity contribution in [2.24, 2.45) is 11.8 Å². The van der Waals surface area contributed by atoms with Crippen molar-refractivity contribution in [2.75, 3.05) is 6.61 Å². The normalized spacial score (nSPS) is 13.8. The SMILES string of the molecule is C=C(C(=O)OCC(O)C(C)C(=C)C(=O)O)C(C)C. The topological polar surface area (TPSA) is 83.8 Å². The number of aliphatic hydroxyl groups excluding tert-OH is 1. The van der Waals surface area contributed by atoms with Crippen molar-refractivity contribution >= 4 is 11.9 Å². The second-order valence-electron chi connectivity index (χ2n) is 4.46. The summed E-state index contributed by atoms with van der Waals surface area (Å²) in [6, 6.07) is 0. The Morgan fingerprint density at radius 2 is 1.67 bits per heavy atom. The van der Waals surface area contributed by atoms with Crippen LogP contribution in [0.2, 0.25) is 0 Å². The minimum absolute atomic E-state index is 0.0407. The molecule has 0 amide bonds. The minimum atomic E-state index is -1.18. The van der Waals surface area contributed by atoms with Crippen LogP contribution in [-0.2, 0) is 14.3 Å². The van der Waals surface area contributed by atoms with E-state index in [-0.39, 0.29) is 18.1 Å². The van der Waals surface area contributed by atoms with Crippen LogP contribution in [0.3, 0.4) is 0 Å². The highest BCUT2D eigenvalue weighted by Gasteiger charge is 2.23. The van der Waals surface area contributed by atoms with E-state index in [1.54, 1.807) is 13.8 Å². The summed E-state index contributed by atoms with van der Waals surface area (Å²) in [5.41, 5.74) is 0.188. The Morgan fingerprint density at radius 1 is 1.17 bits per heavy atom. The molecular formula is C13H20O5. The molecule has 2 unspecified atom stereocenters. The Labute approximate surface area is 107 Å².